The van der Waals surface area contributed by atoms with Crippen molar-refractivity contribution in [2.24, 2.45) is 5.92 Å². The standard InChI is InChI=1S/C10H8Cl2INO/c11-10(12)5-8(10)9(15)14-7-3-1-2-6(13)4-7/h1-4,8H,5H2,(H,14,15)/t8-/m0/s1. The summed E-state index contributed by atoms with van der Waals surface area (Å²) in [6.07, 6.45) is 0.534. The van der Waals surface area contributed by atoms with Crippen LogP contribution in [0.25, 0.3) is 0 Å². The van der Waals surface area contributed by atoms with Gasteiger partial charge in [-0.25, -0.2) is 0 Å². The highest BCUT2D eigenvalue weighted by atomic mass is 127. The number of rotatable bonds is 2. The summed E-state index contributed by atoms with van der Waals surface area (Å²) in [5.41, 5.74) is 0.780. The summed E-state index contributed by atoms with van der Waals surface area (Å²) in [5, 5.41) is 2.79. The maximum absolute atomic E-state index is 11.6. The van der Waals surface area contributed by atoms with Crippen molar-refractivity contribution in [1.82, 2.24) is 0 Å². The Kier molecular flexibility index (Phi) is 3.14. The van der Waals surface area contributed by atoms with Crippen LogP contribution in [0.3, 0.4) is 0 Å². The number of anilines is 1. The fourth-order valence-corrected chi connectivity index (χ4v) is 2.34. The highest BCUT2D eigenvalue weighted by Crippen LogP contribution is 2.53. The maximum atomic E-state index is 11.6. The van der Waals surface area contributed by atoms with Crippen LogP contribution in [-0.4, -0.2) is 10.2 Å². The molecule has 0 aliphatic heterocycles. The van der Waals surface area contributed by atoms with Crippen LogP contribution in [-0.2, 0) is 4.79 Å². The lowest BCUT2D eigenvalue weighted by molar-refractivity contribution is -0.117. The fourth-order valence-electron chi connectivity index (χ4n) is 1.29. The summed E-state index contributed by atoms with van der Waals surface area (Å²) in [4.78, 5) is 11.6. The molecule has 1 amide bonds. The number of halogens is 3. The van der Waals surface area contributed by atoms with Gasteiger partial charge in [0, 0.05) is 9.26 Å². The Hall–Kier alpha value is -0.000000000000000222. The number of hydrogen-bond acceptors (Lipinski definition) is 1. The van der Waals surface area contributed by atoms with E-state index < -0.39 is 4.33 Å². The van der Waals surface area contributed by atoms with Crippen molar-refractivity contribution < 1.29 is 4.79 Å². The lowest BCUT2D eigenvalue weighted by Gasteiger charge is -2.05. The first kappa shape index (κ1) is 11.5. The first-order valence-corrected chi connectivity index (χ1v) is 6.27. The van der Waals surface area contributed by atoms with E-state index in [1.807, 2.05) is 24.3 Å². The zero-order valence-electron chi connectivity index (χ0n) is 7.64. The van der Waals surface area contributed by atoms with E-state index in [0.29, 0.717) is 6.42 Å². The van der Waals surface area contributed by atoms with Gasteiger partial charge in [-0.1, -0.05) is 6.07 Å². The van der Waals surface area contributed by atoms with Gasteiger partial charge in [0.15, 0.2) is 0 Å². The Morgan fingerprint density at radius 3 is 2.73 bits per heavy atom. The number of alkyl halides is 2. The molecule has 2 rings (SSSR count). The van der Waals surface area contributed by atoms with Crippen LogP contribution in [0.2, 0.25) is 0 Å². The molecule has 1 aromatic rings. The first-order valence-electron chi connectivity index (χ1n) is 4.43. The average Bonchev–Trinajstić information content (AvgIpc) is 2.75. The van der Waals surface area contributed by atoms with E-state index >= 15 is 0 Å². The molecule has 5 heteroatoms. The zero-order valence-corrected chi connectivity index (χ0v) is 11.3. The van der Waals surface area contributed by atoms with E-state index in [0.717, 1.165) is 9.26 Å². The third kappa shape index (κ3) is 2.77. The smallest absolute Gasteiger partial charge is 0.230 e. The Bertz CT molecular complexity index is 408. The van der Waals surface area contributed by atoms with E-state index in [4.69, 9.17) is 23.2 Å². The largest absolute Gasteiger partial charge is 0.326 e. The van der Waals surface area contributed by atoms with E-state index in [9.17, 15) is 4.79 Å². The van der Waals surface area contributed by atoms with Crippen LogP contribution in [0.4, 0.5) is 5.69 Å². The topological polar surface area (TPSA) is 29.1 Å². The molecule has 1 aliphatic rings. The zero-order chi connectivity index (χ0) is 11.1. The Labute approximate surface area is 111 Å². The predicted molar refractivity (Wildman–Crippen MR) is 70.3 cm³/mol. The average molecular weight is 356 g/mol. The highest BCUT2D eigenvalue weighted by molar-refractivity contribution is 14.1. The second-order valence-corrected chi connectivity index (χ2v) is 6.31. The van der Waals surface area contributed by atoms with Gasteiger partial charge >= 0.3 is 0 Å². The summed E-state index contributed by atoms with van der Waals surface area (Å²) >= 11 is 13.8. The Morgan fingerprint density at radius 2 is 2.20 bits per heavy atom. The van der Waals surface area contributed by atoms with Gasteiger partial charge in [0.2, 0.25) is 5.91 Å². The number of nitrogens with one attached hydrogen (secondary N) is 1. The number of carbonyl (C=O) groups excluding carboxylic acids is 1. The van der Waals surface area contributed by atoms with E-state index in [-0.39, 0.29) is 11.8 Å². The lowest BCUT2D eigenvalue weighted by atomic mass is 10.3. The molecule has 80 valence electrons. The number of benzene rings is 1. The van der Waals surface area contributed by atoms with Crippen LogP contribution >= 0.6 is 45.8 Å². The lowest BCUT2D eigenvalue weighted by Crippen LogP contribution is -2.16. The molecule has 0 unspecified atom stereocenters. The van der Waals surface area contributed by atoms with Crippen molar-refractivity contribution in [3.63, 3.8) is 0 Å². The minimum Gasteiger partial charge on any atom is -0.326 e. The monoisotopic (exact) mass is 355 g/mol. The van der Waals surface area contributed by atoms with Crippen LogP contribution in [0, 0.1) is 9.49 Å². The second-order valence-electron chi connectivity index (χ2n) is 3.52. The fraction of sp³-hybridized carbons (Fsp3) is 0.300. The Balaban J connectivity index is 2.01. The molecule has 0 radical (unpaired) electrons. The van der Waals surface area contributed by atoms with Crippen molar-refractivity contribution in [3.05, 3.63) is 27.8 Å². The number of hydrogen-bond donors (Lipinski definition) is 1. The van der Waals surface area contributed by atoms with Crippen LogP contribution in [0.15, 0.2) is 24.3 Å². The third-order valence-electron chi connectivity index (χ3n) is 2.23. The van der Waals surface area contributed by atoms with Gasteiger partial charge in [0.25, 0.3) is 0 Å². The second kappa shape index (κ2) is 4.11. The van der Waals surface area contributed by atoms with E-state index in [2.05, 4.69) is 27.9 Å². The predicted octanol–water partition coefficient (Wildman–Crippen LogP) is 3.42. The minimum absolute atomic E-state index is 0.109. The molecule has 1 saturated carbocycles. The molecule has 0 heterocycles. The molecule has 0 saturated heterocycles. The van der Waals surface area contributed by atoms with Crippen molar-refractivity contribution in [2.45, 2.75) is 10.8 Å². The molecule has 0 bridgehead atoms. The van der Waals surface area contributed by atoms with Gasteiger partial charge in [-0.2, -0.15) is 0 Å². The molecule has 0 spiro atoms. The van der Waals surface area contributed by atoms with Crippen LogP contribution in [0.5, 0.6) is 0 Å². The van der Waals surface area contributed by atoms with Gasteiger partial charge < -0.3 is 5.32 Å². The van der Waals surface area contributed by atoms with E-state index in [1.165, 1.54) is 0 Å². The van der Waals surface area contributed by atoms with Gasteiger partial charge in [0.05, 0.1) is 5.92 Å². The number of carbonyl (C=O) groups is 1. The van der Waals surface area contributed by atoms with Crippen molar-refractivity contribution in [3.8, 4) is 0 Å². The maximum Gasteiger partial charge on any atom is 0.230 e. The van der Waals surface area contributed by atoms with Crippen LogP contribution in [0.1, 0.15) is 6.42 Å². The summed E-state index contributed by atoms with van der Waals surface area (Å²) in [6.45, 7) is 0. The molecule has 0 aromatic heterocycles. The molecule has 1 fully saturated rings. The molecule has 1 N–H and O–H groups in total. The van der Waals surface area contributed by atoms with Crippen molar-refractivity contribution >= 4 is 57.4 Å². The van der Waals surface area contributed by atoms with Crippen LogP contribution < -0.4 is 5.32 Å². The summed E-state index contributed by atoms with van der Waals surface area (Å²) in [6, 6.07) is 7.58. The first-order chi connectivity index (χ1) is 6.99. The minimum atomic E-state index is -0.855. The normalized spacial score (nSPS) is 22.2. The molecule has 1 aromatic carbocycles. The SMILES string of the molecule is O=C(Nc1cccc(I)c1)[C@@H]1CC1(Cl)Cl. The quantitative estimate of drug-likeness (QED) is 0.639. The molecule has 2 nitrogen and oxygen atoms in total. The molecule has 15 heavy (non-hydrogen) atoms. The summed E-state index contributed by atoms with van der Waals surface area (Å²) in [7, 11) is 0. The Morgan fingerprint density at radius 1 is 1.53 bits per heavy atom. The molecule has 1 aliphatic carbocycles. The van der Waals surface area contributed by atoms with Gasteiger partial charge in [-0.3, -0.25) is 4.79 Å². The number of amides is 1. The summed E-state index contributed by atoms with van der Waals surface area (Å²) < 4.78 is 0.218. The van der Waals surface area contributed by atoms with Gasteiger partial charge in [-0.05, 0) is 47.2 Å². The van der Waals surface area contributed by atoms with E-state index in [1.54, 1.807) is 0 Å². The van der Waals surface area contributed by atoms with Crippen molar-refractivity contribution in [1.29, 1.82) is 0 Å². The van der Waals surface area contributed by atoms with Gasteiger partial charge in [-0.15, -0.1) is 23.2 Å². The van der Waals surface area contributed by atoms with Gasteiger partial charge in [0.1, 0.15) is 4.33 Å². The third-order valence-corrected chi connectivity index (χ3v) is 3.74. The van der Waals surface area contributed by atoms with Crippen molar-refractivity contribution in [2.75, 3.05) is 5.32 Å². The highest BCUT2D eigenvalue weighted by Gasteiger charge is 2.56. The summed E-state index contributed by atoms with van der Waals surface area (Å²) in [5.74, 6) is -0.388. The molecule has 1 atom stereocenters. The molecular weight excluding hydrogens is 348 g/mol. The molecular formula is C10H8Cl2INO.